The second-order valence-corrected chi connectivity index (χ2v) is 24.4. The first-order chi connectivity index (χ1) is 52.5. The summed E-state index contributed by atoms with van der Waals surface area (Å²) >= 11 is 0. The van der Waals surface area contributed by atoms with Gasteiger partial charge in [-0.1, -0.05) is 32.7 Å². The first-order valence-electron chi connectivity index (χ1n) is 36.4. The molecule has 2 N–H and O–H groups in total. The lowest BCUT2D eigenvalue weighted by atomic mass is 10.1. The average Bonchev–Trinajstić information content (AvgIpc) is 0.828. The van der Waals surface area contributed by atoms with Crippen molar-refractivity contribution in [2.75, 3.05) is 66.1 Å². The lowest BCUT2D eigenvalue weighted by molar-refractivity contribution is -0.138. The van der Waals surface area contributed by atoms with Crippen molar-refractivity contribution < 1.29 is 115 Å². The van der Waals surface area contributed by atoms with Crippen LogP contribution in [0, 0.1) is 0 Å². The summed E-state index contributed by atoms with van der Waals surface area (Å²) in [6, 6.07) is 33.7. The Morgan fingerprint density at radius 1 is 0.306 bits per heavy atom. The Morgan fingerprint density at radius 2 is 0.593 bits per heavy atom. The monoisotopic (exact) mass is 1490 g/mol. The molecule has 24 heteroatoms. The molecule has 2 unspecified atom stereocenters. The van der Waals surface area contributed by atoms with Crippen LogP contribution in [0.2, 0.25) is 0 Å². The maximum absolute atomic E-state index is 14.0. The number of carbonyl (C=O) groups excluding carboxylic acids is 8. The van der Waals surface area contributed by atoms with Gasteiger partial charge in [-0.05, 0) is 262 Å². The van der Waals surface area contributed by atoms with Crippen LogP contribution in [-0.4, -0.2) is 130 Å². The van der Waals surface area contributed by atoms with Crippen molar-refractivity contribution in [2.24, 2.45) is 0 Å². The number of hydrogen-bond donors (Lipinski definition) is 2. The molecule has 0 amide bonds. The number of benzene rings is 6. The van der Waals surface area contributed by atoms with Crippen LogP contribution in [0.4, 0.5) is 0 Å². The summed E-state index contributed by atoms with van der Waals surface area (Å²) < 4.78 is 78.2. The largest absolute Gasteiger partial charge is 0.494 e. The van der Waals surface area contributed by atoms with Crippen LogP contribution >= 0.6 is 0 Å². The quantitative estimate of drug-likeness (QED) is 0.00681. The standard InChI is InChI=1S/C84H98O24/c1-5-75(85)99-53-23-13-9-19-49-95-65-37-29-61(30-38-65)79(89)105-69-45-47-73(107-81(91)63-33-41-67(42-34-63)97-51-21-11-15-25-55-101-77(87)7-3)71(59-69)83(93)103-57-27-17-18-28-58-104-84(94)72-60-70(106-80(90)62-31-39-66(40-32-62)96-50-20-10-14-24-54-100-76(86)6-2)46-48-74(72)108-82(92)64-35-43-68(44-36-64)98-52-22-12-16-26-56-102-78(88)8-4/h5-8,29-48,59-60,77,79,87,89H,1-4,9-28,49-58H2. The summed E-state index contributed by atoms with van der Waals surface area (Å²) in [5, 5.41) is 20.7. The summed E-state index contributed by atoms with van der Waals surface area (Å²) in [5.74, 6) is -3.54. The van der Waals surface area contributed by atoms with Gasteiger partial charge in [0.2, 0.25) is 6.29 Å². The average molecular weight is 1490 g/mol. The van der Waals surface area contributed by atoms with Crippen molar-refractivity contribution in [1.82, 2.24) is 0 Å². The van der Waals surface area contributed by atoms with E-state index in [4.69, 9.17) is 66.3 Å². The van der Waals surface area contributed by atoms with Crippen molar-refractivity contribution in [1.29, 1.82) is 0 Å². The fraction of sp³-hybridized carbons (Fsp3) is 0.381. The Kier molecular flexibility index (Phi) is 40.1. The predicted octanol–water partition coefficient (Wildman–Crippen LogP) is 15.5. The molecular formula is C84H98O24. The number of rotatable bonds is 55. The molecule has 6 aromatic rings. The van der Waals surface area contributed by atoms with Crippen LogP contribution in [-0.2, 0) is 42.8 Å². The molecule has 0 heterocycles. The molecule has 108 heavy (non-hydrogen) atoms. The van der Waals surface area contributed by atoms with E-state index in [1.165, 1.54) is 78.9 Å². The minimum Gasteiger partial charge on any atom is -0.494 e. The topological polar surface area (TPSA) is 306 Å². The highest BCUT2D eigenvalue weighted by atomic mass is 16.6. The van der Waals surface area contributed by atoms with Gasteiger partial charge < -0.3 is 76.5 Å². The van der Waals surface area contributed by atoms with E-state index < -0.39 is 60.3 Å². The van der Waals surface area contributed by atoms with Crippen molar-refractivity contribution in [2.45, 2.75) is 141 Å². The van der Waals surface area contributed by atoms with Crippen molar-refractivity contribution in [3.63, 3.8) is 0 Å². The third-order valence-corrected chi connectivity index (χ3v) is 16.1. The molecule has 578 valence electrons. The van der Waals surface area contributed by atoms with Gasteiger partial charge in [0, 0.05) is 23.8 Å². The van der Waals surface area contributed by atoms with Gasteiger partial charge in [0.1, 0.15) is 57.1 Å². The zero-order valence-electron chi connectivity index (χ0n) is 61.1. The van der Waals surface area contributed by atoms with E-state index in [0.29, 0.717) is 114 Å². The fourth-order valence-corrected chi connectivity index (χ4v) is 10.1. The number of hydrogen-bond acceptors (Lipinski definition) is 24. The molecule has 0 saturated carbocycles. The summed E-state index contributed by atoms with van der Waals surface area (Å²) in [6.45, 7) is 16.6. The van der Waals surface area contributed by atoms with Gasteiger partial charge in [-0.15, -0.1) is 0 Å². The van der Waals surface area contributed by atoms with Crippen LogP contribution in [0.25, 0.3) is 0 Å². The van der Waals surface area contributed by atoms with Gasteiger partial charge in [-0.3, -0.25) is 0 Å². The normalized spacial score (nSPS) is 11.3. The summed E-state index contributed by atoms with van der Waals surface area (Å²) in [6.07, 6.45) is 16.9. The Bertz CT molecular complexity index is 3790. The highest BCUT2D eigenvalue weighted by Crippen LogP contribution is 2.32. The number of carbonyl (C=O) groups is 8. The summed E-state index contributed by atoms with van der Waals surface area (Å²) in [7, 11) is 0. The van der Waals surface area contributed by atoms with Crippen molar-refractivity contribution in [3.05, 3.63) is 217 Å². The first kappa shape index (κ1) is 85.8. The van der Waals surface area contributed by atoms with Crippen LogP contribution < -0.4 is 37.9 Å². The molecule has 0 spiro atoms. The molecule has 0 radical (unpaired) electrons. The third kappa shape index (κ3) is 33.6. The van der Waals surface area contributed by atoms with E-state index >= 15 is 0 Å². The minimum absolute atomic E-state index is 0.0436. The molecule has 0 aliphatic heterocycles. The molecule has 0 aromatic heterocycles. The number of aliphatic hydroxyl groups is 2. The number of aliphatic hydroxyl groups excluding tert-OH is 2. The fourth-order valence-electron chi connectivity index (χ4n) is 10.1. The molecule has 0 bridgehead atoms. The Labute approximate surface area is 630 Å². The molecular weight excluding hydrogens is 1390 g/mol. The van der Waals surface area contributed by atoms with Crippen LogP contribution in [0.5, 0.6) is 46.0 Å². The van der Waals surface area contributed by atoms with Gasteiger partial charge in [-0.25, -0.2) is 38.4 Å². The number of ether oxygens (including phenoxy) is 14. The molecule has 0 aliphatic rings. The molecule has 6 rings (SSSR count). The van der Waals surface area contributed by atoms with Crippen molar-refractivity contribution >= 4 is 47.8 Å². The molecule has 0 aliphatic carbocycles. The Morgan fingerprint density at radius 3 is 0.935 bits per heavy atom. The maximum atomic E-state index is 14.0. The van der Waals surface area contributed by atoms with E-state index in [-0.39, 0.29) is 64.0 Å². The van der Waals surface area contributed by atoms with E-state index in [1.807, 2.05) is 0 Å². The lowest BCUT2D eigenvalue weighted by Crippen LogP contribution is -2.15. The van der Waals surface area contributed by atoms with Gasteiger partial charge >= 0.3 is 47.8 Å². The van der Waals surface area contributed by atoms with Crippen LogP contribution in [0.1, 0.15) is 192 Å². The Balaban J connectivity index is 1.04. The maximum Gasteiger partial charge on any atom is 0.343 e. The summed E-state index contributed by atoms with van der Waals surface area (Å²) in [4.78, 5) is 102. The van der Waals surface area contributed by atoms with Gasteiger partial charge in [0.15, 0.2) is 6.29 Å². The molecule has 0 fully saturated rings. The zero-order valence-corrected chi connectivity index (χ0v) is 61.1. The number of esters is 8. The van der Waals surface area contributed by atoms with Gasteiger partial charge in [0.25, 0.3) is 0 Å². The third-order valence-electron chi connectivity index (χ3n) is 16.1. The molecule has 24 nitrogen and oxygen atoms in total. The number of unbranched alkanes of at least 4 members (excludes halogenated alkanes) is 15. The van der Waals surface area contributed by atoms with Crippen molar-refractivity contribution in [3.8, 4) is 46.0 Å². The van der Waals surface area contributed by atoms with Gasteiger partial charge in [-0.2, -0.15) is 0 Å². The molecule has 0 saturated heterocycles. The molecule has 6 aromatic carbocycles. The van der Waals surface area contributed by atoms with E-state index in [1.54, 1.807) is 60.7 Å². The van der Waals surface area contributed by atoms with Gasteiger partial charge in [0.05, 0.1) is 82.8 Å². The highest BCUT2D eigenvalue weighted by molar-refractivity contribution is 5.98. The van der Waals surface area contributed by atoms with E-state index in [2.05, 4.69) is 26.3 Å². The Hall–Kier alpha value is -11.1. The van der Waals surface area contributed by atoms with E-state index in [0.717, 1.165) is 115 Å². The smallest absolute Gasteiger partial charge is 0.343 e. The highest BCUT2D eigenvalue weighted by Gasteiger charge is 2.24. The SMILES string of the molecule is C=CC(=O)OCCCCCCOc1ccc(C(=O)Oc2ccc(OC(=O)c3ccc(OCCCCCCOC(=O)C=C)cc3)c(C(=O)OCCCCCCOC(=O)c3cc(OC(O)c4ccc(OCCCCCCOC(=O)C=C)cc4)ccc3OC(=O)c3ccc(OCCCCCCOC(O)C=C)cc3)c2)cc1. The minimum atomic E-state index is -1.49. The van der Waals surface area contributed by atoms with Crippen LogP contribution in [0.15, 0.2) is 184 Å². The lowest BCUT2D eigenvalue weighted by Gasteiger charge is -2.17. The predicted molar refractivity (Wildman–Crippen MR) is 400 cm³/mol. The first-order valence-corrected chi connectivity index (χ1v) is 36.4. The second kappa shape index (κ2) is 50.4. The molecule has 2 atom stereocenters. The van der Waals surface area contributed by atoms with Crippen LogP contribution in [0.3, 0.4) is 0 Å². The zero-order chi connectivity index (χ0) is 77.4. The second-order valence-electron chi connectivity index (χ2n) is 24.4. The van der Waals surface area contributed by atoms with E-state index in [9.17, 15) is 48.6 Å². The summed E-state index contributed by atoms with van der Waals surface area (Å²) in [5.41, 5.74) is 0.517.